The lowest BCUT2D eigenvalue weighted by Gasteiger charge is -2.34. The van der Waals surface area contributed by atoms with E-state index in [2.05, 4.69) is 10.1 Å². The summed E-state index contributed by atoms with van der Waals surface area (Å²) < 4.78 is 5.23. The average Bonchev–Trinajstić information content (AvgIpc) is 3.00. The van der Waals surface area contributed by atoms with E-state index in [0.29, 0.717) is 30.8 Å². The molecule has 25 heavy (non-hydrogen) atoms. The molecule has 0 bridgehead atoms. The highest BCUT2D eigenvalue weighted by molar-refractivity contribution is 5.96. The number of aryl methyl sites for hydroxylation is 1. The van der Waals surface area contributed by atoms with Crippen LogP contribution >= 0.6 is 0 Å². The molecule has 0 N–H and O–H groups in total. The van der Waals surface area contributed by atoms with Crippen molar-refractivity contribution < 1.29 is 14.2 Å². The molecule has 3 rings (SSSR count). The number of nitro groups is 1. The summed E-state index contributed by atoms with van der Waals surface area (Å²) in [4.78, 5) is 27.3. The lowest BCUT2D eigenvalue weighted by Crippen LogP contribution is -2.48. The average molecular weight is 344 g/mol. The van der Waals surface area contributed by atoms with Gasteiger partial charge in [-0.15, -0.1) is 0 Å². The second-order valence-electron chi connectivity index (χ2n) is 6.21. The fraction of sp³-hybridized carbons (Fsp3) is 0.412. The van der Waals surface area contributed by atoms with E-state index in [1.807, 2.05) is 13.0 Å². The van der Waals surface area contributed by atoms with Crippen LogP contribution in [0.4, 0.5) is 5.69 Å². The van der Waals surface area contributed by atoms with Crippen LogP contribution in [0.3, 0.4) is 0 Å². The van der Waals surface area contributed by atoms with Crippen LogP contribution < -0.4 is 0 Å². The second-order valence-corrected chi connectivity index (χ2v) is 6.21. The molecule has 1 saturated heterocycles. The first kappa shape index (κ1) is 17.1. The van der Waals surface area contributed by atoms with Gasteiger partial charge in [0.1, 0.15) is 0 Å². The van der Waals surface area contributed by atoms with Crippen LogP contribution in [0, 0.1) is 24.0 Å². The molecule has 0 radical (unpaired) electrons. The summed E-state index contributed by atoms with van der Waals surface area (Å²) in [7, 11) is 0. The molecular weight excluding hydrogens is 324 g/mol. The number of carbonyl (C=O) groups excluding carboxylic acids is 1. The topological polar surface area (TPSA) is 92.7 Å². The first-order chi connectivity index (χ1) is 12.0. The van der Waals surface area contributed by atoms with Gasteiger partial charge in [0.2, 0.25) is 0 Å². The zero-order valence-corrected chi connectivity index (χ0v) is 14.3. The van der Waals surface area contributed by atoms with Crippen molar-refractivity contribution in [3.63, 3.8) is 0 Å². The second kappa shape index (κ2) is 7.02. The van der Waals surface area contributed by atoms with Gasteiger partial charge in [0.15, 0.2) is 5.76 Å². The number of nitro benzene ring substituents is 1. The van der Waals surface area contributed by atoms with Crippen LogP contribution in [-0.4, -0.2) is 52.0 Å². The Kier molecular flexibility index (Phi) is 4.80. The van der Waals surface area contributed by atoms with Crippen molar-refractivity contribution in [3.05, 3.63) is 57.0 Å². The Morgan fingerprint density at radius 1 is 1.28 bits per heavy atom. The third-order valence-electron chi connectivity index (χ3n) is 4.45. The number of hydrogen-bond acceptors (Lipinski definition) is 6. The Bertz CT molecular complexity index is 794. The van der Waals surface area contributed by atoms with E-state index in [0.717, 1.165) is 24.5 Å². The molecule has 0 atom stereocenters. The van der Waals surface area contributed by atoms with Crippen molar-refractivity contribution in [3.8, 4) is 0 Å². The summed E-state index contributed by atoms with van der Waals surface area (Å²) >= 11 is 0. The third kappa shape index (κ3) is 3.69. The van der Waals surface area contributed by atoms with Crippen LogP contribution in [0.25, 0.3) is 0 Å². The number of nitrogens with zero attached hydrogens (tertiary/aromatic N) is 4. The molecule has 8 heteroatoms. The minimum absolute atomic E-state index is 0.0230. The number of hydrogen-bond donors (Lipinski definition) is 0. The van der Waals surface area contributed by atoms with Crippen molar-refractivity contribution in [2.45, 2.75) is 20.4 Å². The molecule has 8 nitrogen and oxygen atoms in total. The quantitative estimate of drug-likeness (QED) is 0.623. The van der Waals surface area contributed by atoms with Crippen LogP contribution in [0.5, 0.6) is 0 Å². The fourth-order valence-electron chi connectivity index (χ4n) is 3.04. The van der Waals surface area contributed by atoms with Crippen molar-refractivity contribution in [1.29, 1.82) is 0 Å². The molecule has 0 saturated carbocycles. The largest absolute Gasteiger partial charge is 0.360 e. The van der Waals surface area contributed by atoms with E-state index >= 15 is 0 Å². The Morgan fingerprint density at radius 2 is 2.00 bits per heavy atom. The maximum atomic E-state index is 12.7. The molecule has 1 aliphatic heterocycles. The minimum Gasteiger partial charge on any atom is -0.360 e. The molecule has 0 unspecified atom stereocenters. The van der Waals surface area contributed by atoms with Crippen LogP contribution in [0.2, 0.25) is 0 Å². The Balaban J connectivity index is 1.64. The van der Waals surface area contributed by atoms with Gasteiger partial charge in [0.05, 0.1) is 17.2 Å². The summed E-state index contributed by atoms with van der Waals surface area (Å²) in [5, 5.41) is 14.9. The molecule has 132 valence electrons. The van der Waals surface area contributed by atoms with E-state index < -0.39 is 4.92 Å². The standard InChI is InChI=1S/C17H20N4O4/c1-12-10-14(25-18-12)11-19-6-8-20(9-7-19)17(22)15-4-3-5-16(13(15)2)21(23)24/h3-5,10H,6-9,11H2,1-2H3. The van der Waals surface area contributed by atoms with E-state index in [-0.39, 0.29) is 11.6 Å². The molecule has 0 aliphatic carbocycles. The van der Waals surface area contributed by atoms with Gasteiger partial charge in [-0.25, -0.2) is 0 Å². The Morgan fingerprint density at radius 3 is 2.60 bits per heavy atom. The van der Waals surface area contributed by atoms with Gasteiger partial charge in [-0.2, -0.15) is 0 Å². The number of aromatic nitrogens is 1. The van der Waals surface area contributed by atoms with Crippen molar-refractivity contribution in [1.82, 2.24) is 15.0 Å². The van der Waals surface area contributed by atoms with Crippen LogP contribution in [0.1, 0.15) is 27.4 Å². The number of carbonyl (C=O) groups is 1. The molecule has 2 aromatic rings. The number of amides is 1. The summed E-state index contributed by atoms with van der Waals surface area (Å²) in [6.45, 7) is 6.76. The predicted octanol–water partition coefficient (Wildman–Crippen LogP) is 2.16. The van der Waals surface area contributed by atoms with Gasteiger partial charge in [0.25, 0.3) is 11.6 Å². The van der Waals surface area contributed by atoms with Gasteiger partial charge in [-0.05, 0) is 19.9 Å². The molecule has 1 aromatic carbocycles. The predicted molar refractivity (Wildman–Crippen MR) is 90.3 cm³/mol. The highest BCUT2D eigenvalue weighted by Crippen LogP contribution is 2.23. The maximum absolute atomic E-state index is 12.7. The summed E-state index contributed by atoms with van der Waals surface area (Å²) in [6, 6.07) is 6.53. The zero-order chi connectivity index (χ0) is 18.0. The van der Waals surface area contributed by atoms with Crippen molar-refractivity contribution >= 4 is 11.6 Å². The molecule has 0 spiro atoms. The highest BCUT2D eigenvalue weighted by atomic mass is 16.6. The summed E-state index contributed by atoms with van der Waals surface area (Å²) in [6.07, 6.45) is 0. The first-order valence-corrected chi connectivity index (χ1v) is 8.13. The van der Waals surface area contributed by atoms with Gasteiger partial charge in [0, 0.05) is 49.4 Å². The van der Waals surface area contributed by atoms with Crippen LogP contribution in [0.15, 0.2) is 28.8 Å². The van der Waals surface area contributed by atoms with Gasteiger partial charge >= 0.3 is 0 Å². The molecule has 1 fully saturated rings. The van der Waals surface area contributed by atoms with Gasteiger partial charge in [-0.1, -0.05) is 11.2 Å². The smallest absolute Gasteiger partial charge is 0.273 e. The normalized spacial score (nSPS) is 15.4. The van der Waals surface area contributed by atoms with Crippen molar-refractivity contribution in [2.24, 2.45) is 0 Å². The number of rotatable bonds is 4. The van der Waals surface area contributed by atoms with Crippen LogP contribution in [-0.2, 0) is 6.54 Å². The lowest BCUT2D eigenvalue weighted by atomic mass is 10.1. The number of piperazine rings is 1. The zero-order valence-electron chi connectivity index (χ0n) is 14.3. The fourth-order valence-corrected chi connectivity index (χ4v) is 3.04. The number of benzene rings is 1. The van der Waals surface area contributed by atoms with E-state index in [1.54, 1.807) is 24.0 Å². The van der Waals surface area contributed by atoms with E-state index in [1.165, 1.54) is 6.07 Å². The SMILES string of the molecule is Cc1cc(CN2CCN(C(=O)c3cccc([N+](=O)[O-])c3C)CC2)on1. The van der Waals surface area contributed by atoms with E-state index in [4.69, 9.17) is 4.52 Å². The minimum atomic E-state index is -0.455. The summed E-state index contributed by atoms with van der Waals surface area (Å²) in [5.74, 6) is 0.656. The summed E-state index contributed by atoms with van der Waals surface area (Å²) in [5.41, 5.74) is 1.64. The third-order valence-corrected chi connectivity index (χ3v) is 4.45. The molecule has 1 aromatic heterocycles. The lowest BCUT2D eigenvalue weighted by molar-refractivity contribution is -0.385. The van der Waals surface area contributed by atoms with Gasteiger partial charge in [-0.3, -0.25) is 19.8 Å². The maximum Gasteiger partial charge on any atom is 0.273 e. The van der Waals surface area contributed by atoms with Gasteiger partial charge < -0.3 is 9.42 Å². The monoisotopic (exact) mass is 344 g/mol. The Hall–Kier alpha value is -2.74. The molecule has 1 amide bonds. The first-order valence-electron chi connectivity index (χ1n) is 8.13. The molecule has 1 aliphatic rings. The molecule has 2 heterocycles. The molecular formula is C17H20N4O4. The van der Waals surface area contributed by atoms with Crippen molar-refractivity contribution in [2.75, 3.05) is 26.2 Å². The highest BCUT2D eigenvalue weighted by Gasteiger charge is 2.26. The Labute approximate surface area is 145 Å². The van der Waals surface area contributed by atoms with E-state index in [9.17, 15) is 14.9 Å².